The molecule has 2 atom stereocenters. The largest absolute Gasteiger partial charge is 0.481 e. The number of aromatic nitrogens is 4. The van der Waals surface area contributed by atoms with Crippen molar-refractivity contribution in [1.82, 2.24) is 35.1 Å². The number of hydrogen-bond acceptors (Lipinski definition) is 8. The lowest BCUT2D eigenvalue weighted by molar-refractivity contribution is -0.119. The first-order valence-electron chi connectivity index (χ1n) is 16.1. The Hall–Kier alpha value is -4.26. The normalized spacial score (nSPS) is 15.1. The SMILES string of the molecule is COc1nc(-c2cccc(-c3cccc(-c4cc5c(=O)n(C)c(CNCC(C)OC)nn5c4)c3Cl)c2Cl)ccc1CNC[C@@H]1CCC(=O)N1. The first-order chi connectivity index (χ1) is 23.7. The van der Waals surface area contributed by atoms with Gasteiger partial charge < -0.3 is 25.4 Å². The number of fused-ring (bicyclic) bond motifs is 1. The van der Waals surface area contributed by atoms with E-state index in [9.17, 15) is 9.59 Å². The number of halogens is 2. The molecule has 0 radical (unpaired) electrons. The molecular formula is C36H39Cl2N7O4. The Morgan fingerprint density at radius 2 is 1.69 bits per heavy atom. The molecule has 49 heavy (non-hydrogen) atoms. The van der Waals surface area contributed by atoms with Crippen LogP contribution in [-0.4, -0.2) is 64.5 Å². The lowest BCUT2D eigenvalue weighted by Crippen LogP contribution is -2.35. The molecule has 1 fully saturated rings. The lowest BCUT2D eigenvalue weighted by Gasteiger charge is -2.15. The van der Waals surface area contributed by atoms with Gasteiger partial charge in [-0.2, -0.15) is 5.10 Å². The van der Waals surface area contributed by atoms with E-state index in [0.29, 0.717) is 65.6 Å². The van der Waals surface area contributed by atoms with E-state index in [1.54, 1.807) is 36.4 Å². The van der Waals surface area contributed by atoms with Gasteiger partial charge in [0.15, 0.2) is 0 Å². The average Bonchev–Trinajstić information content (AvgIpc) is 3.73. The highest BCUT2D eigenvalue weighted by atomic mass is 35.5. The summed E-state index contributed by atoms with van der Waals surface area (Å²) in [6.45, 7) is 4.22. The molecule has 2 aromatic carbocycles. The molecule has 0 bridgehead atoms. The van der Waals surface area contributed by atoms with Crippen molar-refractivity contribution < 1.29 is 14.3 Å². The van der Waals surface area contributed by atoms with Crippen LogP contribution < -0.4 is 26.2 Å². The monoisotopic (exact) mass is 703 g/mol. The number of nitrogens with zero attached hydrogens (tertiary/aromatic N) is 4. The third kappa shape index (κ3) is 7.36. The van der Waals surface area contributed by atoms with E-state index in [2.05, 4.69) is 16.0 Å². The summed E-state index contributed by atoms with van der Waals surface area (Å²) >= 11 is 14.2. The van der Waals surface area contributed by atoms with Gasteiger partial charge in [-0.05, 0) is 25.5 Å². The number of carbonyl (C=O) groups excluding carboxylic acids is 1. The van der Waals surface area contributed by atoms with Crippen LogP contribution >= 0.6 is 23.2 Å². The van der Waals surface area contributed by atoms with Crippen LogP contribution in [-0.2, 0) is 29.7 Å². The maximum Gasteiger partial charge on any atom is 0.277 e. The van der Waals surface area contributed by atoms with Gasteiger partial charge in [0.1, 0.15) is 11.3 Å². The second kappa shape index (κ2) is 15.1. The van der Waals surface area contributed by atoms with Crippen LogP contribution in [0.1, 0.15) is 31.2 Å². The van der Waals surface area contributed by atoms with Gasteiger partial charge in [0, 0.05) is 85.8 Å². The van der Waals surface area contributed by atoms with Gasteiger partial charge >= 0.3 is 0 Å². The van der Waals surface area contributed by atoms with Crippen LogP contribution in [0.2, 0.25) is 10.0 Å². The second-order valence-corrected chi connectivity index (χ2v) is 12.9. The molecule has 1 aliphatic heterocycles. The number of ether oxygens (including phenoxy) is 2. The topological polar surface area (TPSA) is 124 Å². The summed E-state index contributed by atoms with van der Waals surface area (Å²) in [5, 5.41) is 15.3. The second-order valence-electron chi connectivity index (χ2n) is 12.1. The highest BCUT2D eigenvalue weighted by Crippen LogP contribution is 2.42. The van der Waals surface area contributed by atoms with Crippen molar-refractivity contribution in [2.45, 2.75) is 45.0 Å². The highest BCUT2D eigenvalue weighted by Gasteiger charge is 2.21. The molecule has 11 nitrogen and oxygen atoms in total. The summed E-state index contributed by atoms with van der Waals surface area (Å²) in [6, 6.07) is 17.3. The van der Waals surface area contributed by atoms with E-state index in [1.807, 2.05) is 61.7 Å². The Morgan fingerprint density at radius 1 is 0.980 bits per heavy atom. The van der Waals surface area contributed by atoms with Gasteiger partial charge in [-0.25, -0.2) is 9.50 Å². The quantitative estimate of drug-likeness (QED) is 0.152. The third-order valence-corrected chi connectivity index (χ3v) is 9.66. The summed E-state index contributed by atoms with van der Waals surface area (Å²) < 4.78 is 14.1. The van der Waals surface area contributed by atoms with E-state index in [4.69, 9.17) is 42.8 Å². The number of benzene rings is 2. The van der Waals surface area contributed by atoms with E-state index in [1.165, 1.54) is 0 Å². The minimum Gasteiger partial charge on any atom is -0.481 e. The summed E-state index contributed by atoms with van der Waals surface area (Å²) in [6.07, 6.45) is 3.25. The Labute approximate surface area is 294 Å². The molecule has 1 aliphatic rings. The molecular weight excluding hydrogens is 665 g/mol. The Balaban J connectivity index is 1.27. The minimum absolute atomic E-state index is 0.0363. The van der Waals surface area contributed by atoms with Crippen LogP contribution in [0, 0.1) is 0 Å². The maximum absolute atomic E-state index is 13.3. The van der Waals surface area contributed by atoms with Gasteiger partial charge in [-0.1, -0.05) is 65.7 Å². The van der Waals surface area contributed by atoms with Crippen molar-refractivity contribution in [3.63, 3.8) is 0 Å². The third-order valence-electron chi connectivity index (χ3n) is 8.85. The van der Waals surface area contributed by atoms with E-state index >= 15 is 0 Å². The Morgan fingerprint density at radius 3 is 2.39 bits per heavy atom. The van der Waals surface area contributed by atoms with Gasteiger partial charge in [0.05, 0.1) is 35.5 Å². The zero-order valence-corrected chi connectivity index (χ0v) is 29.4. The average molecular weight is 705 g/mol. The predicted molar refractivity (Wildman–Crippen MR) is 192 cm³/mol. The first-order valence-corrected chi connectivity index (χ1v) is 16.9. The van der Waals surface area contributed by atoms with Crippen LogP contribution in [0.5, 0.6) is 5.88 Å². The molecule has 0 aliphatic carbocycles. The van der Waals surface area contributed by atoms with Crippen molar-refractivity contribution in [3.8, 4) is 39.4 Å². The van der Waals surface area contributed by atoms with Crippen molar-refractivity contribution in [2.75, 3.05) is 27.3 Å². The van der Waals surface area contributed by atoms with Gasteiger partial charge in [0.25, 0.3) is 5.56 Å². The van der Waals surface area contributed by atoms with Crippen molar-refractivity contribution >= 4 is 34.6 Å². The Kier molecular flexibility index (Phi) is 10.7. The van der Waals surface area contributed by atoms with Gasteiger partial charge in [0.2, 0.25) is 11.8 Å². The fourth-order valence-electron chi connectivity index (χ4n) is 5.99. The van der Waals surface area contributed by atoms with Crippen LogP contribution in [0.3, 0.4) is 0 Å². The molecule has 0 saturated carbocycles. The number of pyridine rings is 1. The summed E-state index contributed by atoms with van der Waals surface area (Å²) in [4.78, 5) is 29.6. The molecule has 4 heterocycles. The smallest absolute Gasteiger partial charge is 0.277 e. The number of methoxy groups -OCH3 is 2. The molecule has 0 spiro atoms. The zero-order valence-electron chi connectivity index (χ0n) is 27.8. The molecule has 6 rings (SSSR count). The van der Waals surface area contributed by atoms with Crippen LogP contribution in [0.4, 0.5) is 0 Å². The van der Waals surface area contributed by atoms with Crippen molar-refractivity contribution in [3.05, 3.63) is 92.6 Å². The fourth-order valence-corrected chi connectivity index (χ4v) is 6.65. The number of hydrogen-bond donors (Lipinski definition) is 3. The molecule has 3 aromatic heterocycles. The van der Waals surface area contributed by atoms with E-state index in [-0.39, 0.29) is 23.6 Å². The van der Waals surface area contributed by atoms with Gasteiger partial charge in [-0.15, -0.1) is 0 Å². The summed E-state index contributed by atoms with van der Waals surface area (Å²) in [7, 11) is 4.97. The first kappa shape index (κ1) is 34.6. The minimum atomic E-state index is -0.159. The Bertz CT molecular complexity index is 2060. The summed E-state index contributed by atoms with van der Waals surface area (Å²) in [5.41, 5.74) is 5.56. The van der Waals surface area contributed by atoms with E-state index < -0.39 is 0 Å². The van der Waals surface area contributed by atoms with Crippen LogP contribution in [0.15, 0.2) is 65.6 Å². The molecule has 3 N–H and O–H groups in total. The maximum atomic E-state index is 13.3. The van der Waals surface area contributed by atoms with Crippen molar-refractivity contribution in [1.29, 1.82) is 0 Å². The molecule has 1 unspecified atom stereocenters. The highest BCUT2D eigenvalue weighted by molar-refractivity contribution is 6.39. The number of rotatable bonds is 13. The molecule has 5 aromatic rings. The number of amides is 1. The molecule has 1 saturated heterocycles. The number of carbonyl (C=O) groups is 1. The standard InChI is InChI=1S/C36H39Cl2N7O4/c1-21(48-3)16-39-19-31-43-45-20-23(15-30(45)36(47)44(31)2)25-7-5-8-26(33(25)37)27-9-6-10-28(34(27)38)29-13-11-22(35(42-29)49-4)17-40-18-24-12-14-32(46)41-24/h5-11,13,15,20-21,24,39-40H,12,14,16-19H2,1-4H3,(H,41,46)/t21?,24-/m0/s1. The lowest BCUT2D eigenvalue weighted by atomic mass is 9.97. The number of nitrogens with one attached hydrogen (secondary N) is 3. The molecule has 1 amide bonds. The fraction of sp³-hybridized carbons (Fsp3) is 0.333. The van der Waals surface area contributed by atoms with Crippen molar-refractivity contribution in [2.24, 2.45) is 7.05 Å². The van der Waals surface area contributed by atoms with Crippen LogP contribution in [0.25, 0.3) is 39.0 Å². The van der Waals surface area contributed by atoms with E-state index in [0.717, 1.165) is 39.8 Å². The molecule has 13 heteroatoms. The molecule has 256 valence electrons. The predicted octanol–water partition coefficient (Wildman–Crippen LogP) is 5.24. The zero-order chi connectivity index (χ0) is 34.7. The summed E-state index contributed by atoms with van der Waals surface area (Å²) in [5.74, 6) is 1.18. The van der Waals surface area contributed by atoms with Gasteiger partial charge in [-0.3, -0.25) is 14.2 Å².